The molecule has 112 valence electrons. The highest BCUT2D eigenvalue weighted by molar-refractivity contribution is 7.11. The van der Waals surface area contributed by atoms with Crippen molar-refractivity contribution in [3.8, 4) is 0 Å². The largest absolute Gasteiger partial charge is 0.356 e. The van der Waals surface area contributed by atoms with E-state index in [1.807, 2.05) is 13.2 Å². The average molecular weight is 328 g/mol. The second-order valence-electron chi connectivity index (χ2n) is 3.88. The van der Waals surface area contributed by atoms with Crippen molar-refractivity contribution in [3.63, 3.8) is 0 Å². The van der Waals surface area contributed by atoms with Crippen LogP contribution in [0.3, 0.4) is 0 Å². The first kappa shape index (κ1) is 20.9. The summed E-state index contributed by atoms with van der Waals surface area (Å²) in [5.74, 6) is 0.132. The Bertz CT molecular complexity index is 347. The molecule has 0 saturated heterocycles. The molecule has 0 radical (unpaired) electrons. The van der Waals surface area contributed by atoms with Crippen molar-refractivity contribution in [2.45, 2.75) is 32.6 Å². The molecule has 0 bridgehead atoms. The van der Waals surface area contributed by atoms with Crippen molar-refractivity contribution < 1.29 is 4.79 Å². The first-order valence-corrected chi connectivity index (χ1v) is 6.92. The van der Waals surface area contributed by atoms with Gasteiger partial charge < -0.3 is 10.6 Å². The molecule has 0 aliphatic carbocycles. The van der Waals surface area contributed by atoms with Crippen LogP contribution in [0.2, 0.25) is 0 Å². The van der Waals surface area contributed by atoms with Crippen LogP contribution < -0.4 is 10.6 Å². The number of halogens is 2. The summed E-state index contributed by atoms with van der Waals surface area (Å²) < 4.78 is 0. The monoisotopic (exact) mass is 327 g/mol. The maximum atomic E-state index is 11.4. The highest BCUT2D eigenvalue weighted by Crippen LogP contribution is 2.13. The first-order chi connectivity index (χ1) is 8.26. The predicted octanol–water partition coefficient (Wildman–Crippen LogP) is 2.21. The normalized spacial score (nSPS) is 9.37. The van der Waals surface area contributed by atoms with Crippen LogP contribution in [0.15, 0.2) is 6.20 Å². The summed E-state index contributed by atoms with van der Waals surface area (Å²) >= 11 is 1.73. The van der Waals surface area contributed by atoms with Gasteiger partial charge in [-0.3, -0.25) is 4.79 Å². The van der Waals surface area contributed by atoms with E-state index < -0.39 is 0 Å². The van der Waals surface area contributed by atoms with Gasteiger partial charge in [0.25, 0.3) is 0 Å². The number of thiazole rings is 1. The Kier molecular flexibility index (Phi) is 14.0. The SMILES string of the molecule is CCc1cnc(CCNC(=O)CCCNC)s1.Cl.Cl. The second-order valence-corrected chi connectivity index (χ2v) is 5.08. The summed E-state index contributed by atoms with van der Waals surface area (Å²) in [5.41, 5.74) is 0. The molecular formula is C12H23Cl2N3OS. The maximum Gasteiger partial charge on any atom is 0.220 e. The van der Waals surface area contributed by atoms with Crippen molar-refractivity contribution in [2.75, 3.05) is 20.1 Å². The fourth-order valence-corrected chi connectivity index (χ4v) is 2.31. The minimum absolute atomic E-state index is 0. The summed E-state index contributed by atoms with van der Waals surface area (Å²) in [6, 6.07) is 0. The zero-order valence-corrected chi connectivity index (χ0v) is 13.8. The number of aryl methyl sites for hydroxylation is 1. The van der Waals surface area contributed by atoms with E-state index in [9.17, 15) is 4.79 Å². The quantitative estimate of drug-likeness (QED) is 0.720. The Morgan fingerprint density at radius 1 is 1.37 bits per heavy atom. The van der Waals surface area contributed by atoms with Crippen LogP contribution in [0.25, 0.3) is 0 Å². The number of nitrogens with zero attached hydrogens (tertiary/aromatic N) is 1. The third-order valence-electron chi connectivity index (χ3n) is 2.44. The van der Waals surface area contributed by atoms with Crippen LogP contribution >= 0.6 is 36.2 Å². The number of nitrogens with one attached hydrogen (secondary N) is 2. The molecule has 1 aromatic heterocycles. The minimum atomic E-state index is 0. The lowest BCUT2D eigenvalue weighted by Crippen LogP contribution is -2.26. The van der Waals surface area contributed by atoms with Crippen LogP contribution in [0.1, 0.15) is 29.7 Å². The van der Waals surface area contributed by atoms with Crippen molar-refractivity contribution in [2.24, 2.45) is 0 Å². The number of amides is 1. The lowest BCUT2D eigenvalue weighted by Gasteiger charge is -2.03. The molecule has 1 amide bonds. The van der Waals surface area contributed by atoms with Crippen LogP contribution in [0.5, 0.6) is 0 Å². The minimum Gasteiger partial charge on any atom is -0.356 e. The summed E-state index contributed by atoms with van der Waals surface area (Å²) in [4.78, 5) is 17.0. The van der Waals surface area contributed by atoms with E-state index in [1.165, 1.54) is 4.88 Å². The predicted molar refractivity (Wildman–Crippen MR) is 85.9 cm³/mol. The number of rotatable bonds is 8. The number of hydrogen-bond acceptors (Lipinski definition) is 4. The maximum absolute atomic E-state index is 11.4. The highest BCUT2D eigenvalue weighted by Gasteiger charge is 2.03. The molecular weight excluding hydrogens is 305 g/mol. The zero-order valence-electron chi connectivity index (χ0n) is 11.4. The Morgan fingerprint density at radius 2 is 2.11 bits per heavy atom. The van der Waals surface area contributed by atoms with Gasteiger partial charge in [0.05, 0.1) is 5.01 Å². The fourth-order valence-electron chi connectivity index (χ4n) is 1.45. The van der Waals surface area contributed by atoms with E-state index in [-0.39, 0.29) is 30.7 Å². The van der Waals surface area contributed by atoms with E-state index in [1.54, 1.807) is 11.3 Å². The molecule has 0 atom stereocenters. The van der Waals surface area contributed by atoms with Gasteiger partial charge in [-0.1, -0.05) is 6.92 Å². The van der Waals surface area contributed by atoms with Crippen LogP contribution in [0.4, 0.5) is 0 Å². The number of hydrogen-bond donors (Lipinski definition) is 2. The standard InChI is InChI=1S/C12H21N3OS.2ClH/c1-3-10-9-15-12(17-10)6-8-14-11(16)5-4-7-13-2;;/h9,13H,3-8H2,1-2H3,(H,14,16);2*1H. The average Bonchev–Trinajstić information content (AvgIpc) is 2.77. The molecule has 1 aromatic rings. The van der Waals surface area contributed by atoms with Gasteiger partial charge in [0.15, 0.2) is 0 Å². The van der Waals surface area contributed by atoms with Gasteiger partial charge in [-0.25, -0.2) is 4.98 Å². The fraction of sp³-hybridized carbons (Fsp3) is 0.667. The van der Waals surface area contributed by atoms with Crippen LogP contribution in [-0.2, 0) is 17.6 Å². The van der Waals surface area contributed by atoms with Crippen LogP contribution in [-0.4, -0.2) is 31.0 Å². The summed E-state index contributed by atoms with van der Waals surface area (Å²) in [6.45, 7) is 3.70. The molecule has 0 fully saturated rings. The molecule has 19 heavy (non-hydrogen) atoms. The molecule has 1 rings (SSSR count). The van der Waals surface area contributed by atoms with Crippen molar-refractivity contribution in [1.82, 2.24) is 15.6 Å². The molecule has 1 heterocycles. The Morgan fingerprint density at radius 3 is 2.68 bits per heavy atom. The van der Waals surface area contributed by atoms with Crippen molar-refractivity contribution in [3.05, 3.63) is 16.1 Å². The van der Waals surface area contributed by atoms with E-state index in [4.69, 9.17) is 0 Å². The van der Waals surface area contributed by atoms with E-state index in [0.717, 1.165) is 30.8 Å². The lowest BCUT2D eigenvalue weighted by atomic mass is 10.3. The Hall–Kier alpha value is -0.360. The molecule has 0 aromatic carbocycles. The molecule has 0 unspecified atom stereocenters. The molecule has 0 saturated carbocycles. The van der Waals surface area contributed by atoms with Gasteiger partial charge in [-0.15, -0.1) is 36.2 Å². The van der Waals surface area contributed by atoms with E-state index in [2.05, 4.69) is 22.5 Å². The zero-order chi connectivity index (χ0) is 12.5. The van der Waals surface area contributed by atoms with E-state index in [0.29, 0.717) is 13.0 Å². The second kappa shape index (κ2) is 12.7. The highest BCUT2D eigenvalue weighted by atomic mass is 35.5. The van der Waals surface area contributed by atoms with Crippen molar-refractivity contribution in [1.29, 1.82) is 0 Å². The molecule has 2 N–H and O–H groups in total. The Labute approximate surface area is 131 Å². The molecule has 4 nitrogen and oxygen atoms in total. The van der Waals surface area contributed by atoms with Crippen LogP contribution in [0, 0.1) is 0 Å². The van der Waals surface area contributed by atoms with Gasteiger partial charge in [0, 0.05) is 30.5 Å². The van der Waals surface area contributed by atoms with Gasteiger partial charge in [-0.05, 0) is 26.4 Å². The molecule has 0 aliphatic heterocycles. The lowest BCUT2D eigenvalue weighted by molar-refractivity contribution is -0.121. The summed E-state index contributed by atoms with van der Waals surface area (Å²) in [7, 11) is 1.89. The van der Waals surface area contributed by atoms with Gasteiger partial charge in [0.1, 0.15) is 0 Å². The van der Waals surface area contributed by atoms with Gasteiger partial charge >= 0.3 is 0 Å². The summed E-state index contributed by atoms with van der Waals surface area (Å²) in [5, 5.41) is 7.05. The molecule has 7 heteroatoms. The number of aromatic nitrogens is 1. The van der Waals surface area contributed by atoms with Gasteiger partial charge in [0.2, 0.25) is 5.91 Å². The topological polar surface area (TPSA) is 54.0 Å². The number of carbonyl (C=O) groups excluding carboxylic acids is 1. The third kappa shape index (κ3) is 9.21. The number of carbonyl (C=O) groups is 1. The molecule has 0 spiro atoms. The summed E-state index contributed by atoms with van der Waals surface area (Å²) in [6.07, 6.45) is 5.28. The third-order valence-corrected chi connectivity index (χ3v) is 3.64. The van der Waals surface area contributed by atoms with Gasteiger partial charge in [-0.2, -0.15) is 0 Å². The molecule has 0 aliphatic rings. The van der Waals surface area contributed by atoms with Crippen molar-refractivity contribution >= 4 is 42.1 Å². The smallest absolute Gasteiger partial charge is 0.220 e. The first-order valence-electron chi connectivity index (χ1n) is 6.11. The van der Waals surface area contributed by atoms with E-state index >= 15 is 0 Å². The Balaban J connectivity index is 0.